The fraction of sp³-hybridized carbons (Fsp3) is 0.625. The second-order valence-electron chi connectivity index (χ2n) is 9.11. The molecule has 3 aliphatic rings. The second kappa shape index (κ2) is 10.5. The lowest BCUT2D eigenvalue weighted by Crippen LogP contribution is -2.65. The zero-order valence-corrected chi connectivity index (χ0v) is 19.2. The van der Waals surface area contributed by atoms with Crippen LogP contribution >= 0.6 is 0 Å². The summed E-state index contributed by atoms with van der Waals surface area (Å²) in [7, 11) is 1.54. The molecule has 2 heterocycles. The molecule has 3 fully saturated rings. The summed E-state index contributed by atoms with van der Waals surface area (Å²) < 4.78 is 10.9. The van der Waals surface area contributed by atoms with Crippen LogP contribution in [0.5, 0.6) is 5.75 Å². The summed E-state index contributed by atoms with van der Waals surface area (Å²) in [6, 6.07) is 7.01. The van der Waals surface area contributed by atoms with Gasteiger partial charge in [-0.3, -0.25) is 14.4 Å². The highest BCUT2D eigenvalue weighted by Gasteiger charge is 2.43. The van der Waals surface area contributed by atoms with E-state index in [1.807, 2.05) is 0 Å². The van der Waals surface area contributed by atoms with Crippen LogP contribution in [0.25, 0.3) is 0 Å². The van der Waals surface area contributed by atoms with Crippen molar-refractivity contribution in [3.63, 3.8) is 0 Å². The Morgan fingerprint density at radius 2 is 1.82 bits per heavy atom. The SMILES string of the molecule is COc1cccc(C(=O)N2CCCN(C(=O)C3CCCO3)C2C(=O)NC2CCC(N)CC2)c1. The van der Waals surface area contributed by atoms with Gasteiger partial charge in [0, 0.05) is 37.3 Å². The van der Waals surface area contributed by atoms with Gasteiger partial charge in [0.05, 0.1) is 7.11 Å². The maximum absolute atomic E-state index is 13.6. The molecule has 1 aliphatic carbocycles. The Morgan fingerprint density at radius 3 is 2.52 bits per heavy atom. The molecule has 1 saturated carbocycles. The van der Waals surface area contributed by atoms with E-state index in [9.17, 15) is 14.4 Å². The first-order valence-corrected chi connectivity index (χ1v) is 11.9. The molecule has 0 radical (unpaired) electrons. The third-order valence-electron chi connectivity index (χ3n) is 6.81. The maximum Gasteiger partial charge on any atom is 0.264 e. The van der Waals surface area contributed by atoms with Crippen LogP contribution in [-0.2, 0) is 14.3 Å². The van der Waals surface area contributed by atoms with Crippen LogP contribution in [0.15, 0.2) is 24.3 Å². The summed E-state index contributed by atoms with van der Waals surface area (Å²) in [6.07, 6.45) is 3.76. The Bertz CT molecular complexity index is 864. The normalized spacial score (nSPS) is 27.8. The number of amides is 3. The van der Waals surface area contributed by atoms with Crippen LogP contribution in [-0.4, -0.2) is 78.7 Å². The van der Waals surface area contributed by atoms with Gasteiger partial charge < -0.3 is 30.3 Å². The number of carbonyl (C=O) groups excluding carboxylic acids is 3. The number of hydrogen-bond donors (Lipinski definition) is 2. The number of hydrogen-bond acceptors (Lipinski definition) is 6. The molecule has 180 valence electrons. The van der Waals surface area contributed by atoms with Gasteiger partial charge in [0.1, 0.15) is 11.9 Å². The molecule has 0 aromatic heterocycles. The smallest absolute Gasteiger partial charge is 0.264 e. The first-order valence-electron chi connectivity index (χ1n) is 11.9. The minimum Gasteiger partial charge on any atom is -0.497 e. The predicted molar refractivity (Wildman–Crippen MR) is 121 cm³/mol. The Labute approximate surface area is 194 Å². The minimum absolute atomic E-state index is 0.00678. The van der Waals surface area contributed by atoms with Crippen molar-refractivity contribution in [3.05, 3.63) is 29.8 Å². The molecular weight excluding hydrogens is 424 g/mol. The topological polar surface area (TPSA) is 114 Å². The molecule has 1 aromatic carbocycles. The van der Waals surface area contributed by atoms with Gasteiger partial charge in [-0.05, 0) is 63.1 Å². The lowest BCUT2D eigenvalue weighted by atomic mass is 9.91. The molecule has 9 nitrogen and oxygen atoms in total. The van der Waals surface area contributed by atoms with Crippen molar-refractivity contribution in [1.82, 2.24) is 15.1 Å². The second-order valence-corrected chi connectivity index (χ2v) is 9.11. The van der Waals surface area contributed by atoms with Crippen molar-refractivity contribution < 1.29 is 23.9 Å². The van der Waals surface area contributed by atoms with Gasteiger partial charge in [-0.25, -0.2) is 0 Å². The molecule has 2 atom stereocenters. The van der Waals surface area contributed by atoms with Crippen molar-refractivity contribution in [1.29, 1.82) is 0 Å². The van der Waals surface area contributed by atoms with Crippen LogP contribution in [0.3, 0.4) is 0 Å². The fourth-order valence-electron chi connectivity index (χ4n) is 4.97. The molecule has 3 amide bonds. The van der Waals surface area contributed by atoms with Gasteiger partial charge in [-0.1, -0.05) is 6.07 Å². The van der Waals surface area contributed by atoms with Crippen molar-refractivity contribution >= 4 is 17.7 Å². The predicted octanol–water partition coefficient (Wildman–Crippen LogP) is 1.26. The zero-order chi connectivity index (χ0) is 23.4. The summed E-state index contributed by atoms with van der Waals surface area (Å²) in [4.78, 5) is 43.4. The summed E-state index contributed by atoms with van der Waals surface area (Å²) in [5.41, 5.74) is 6.43. The number of nitrogens with zero attached hydrogens (tertiary/aromatic N) is 2. The van der Waals surface area contributed by atoms with Crippen molar-refractivity contribution in [3.8, 4) is 5.75 Å². The van der Waals surface area contributed by atoms with Gasteiger partial charge in [0.2, 0.25) is 0 Å². The highest BCUT2D eigenvalue weighted by atomic mass is 16.5. The van der Waals surface area contributed by atoms with Crippen LogP contribution in [0.4, 0.5) is 0 Å². The average Bonchev–Trinajstić information content (AvgIpc) is 3.39. The van der Waals surface area contributed by atoms with Gasteiger partial charge >= 0.3 is 0 Å². The van der Waals surface area contributed by atoms with E-state index in [0.29, 0.717) is 43.9 Å². The standard InChI is InChI=1S/C24H34N4O5/c1-32-19-6-2-5-16(15-19)23(30)27-12-4-13-28(24(31)20-7-3-14-33-20)22(27)21(29)26-18-10-8-17(25)9-11-18/h2,5-6,15,17-18,20,22H,3-4,7-14,25H2,1H3,(H,26,29). The van der Waals surface area contributed by atoms with Crippen LogP contribution in [0, 0.1) is 0 Å². The summed E-state index contributed by atoms with van der Waals surface area (Å²) in [6.45, 7) is 1.34. The molecule has 33 heavy (non-hydrogen) atoms. The fourth-order valence-corrected chi connectivity index (χ4v) is 4.97. The quantitative estimate of drug-likeness (QED) is 0.687. The van der Waals surface area contributed by atoms with Gasteiger partial charge in [0.25, 0.3) is 17.7 Å². The molecule has 9 heteroatoms. The van der Waals surface area contributed by atoms with Gasteiger partial charge in [-0.15, -0.1) is 0 Å². The lowest BCUT2D eigenvalue weighted by molar-refractivity contribution is -0.156. The van der Waals surface area contributed by atoms with Crippen molar-refractivity contribution in [2.75, 3.05) is 26.8 Å². The Morgan fingerprint density at radius 1 is 1.06 bits per heavy atom. The first-order chi connectivity index (χ1) is 16.0. The average molecular weight is 459 g/mol. The van der Waals surface area contributed by atoms with Gasteiger partial charge in [0.15, 0.2) is 6.17 Å². The minimum atomic E-state index is -1.01. The highest BCUT2D eigenvalue weighted by Crippen LogP contribution is 2.25. The molecule has 1 aromatic rings. The van der Waals surface area contributed by atoms with Crippen LogP contribution in [0.1, 0.15) is 55.3 Å². The van der Waals surface area contributed by atoms with E-state index in [1.54, 1.807) is 31.4 Å². The Balaban J connectivity index is 1.59. The van der Waals surface area contributed by atoms with E-state index in [-0.39, 0.29) is 29.8 Å². The largest absolute Gasteiger partial charge is 0.497 e. The Kier molecular flexibility index (Phi) is 7.49. The first kappa shape index (κ1) is 23.5. The molecule has 3 N–H and O–H groups in total. The number of nitrogens with two attached hydrogens (primary N) is 1. The Hall–Kier alpha value is -2.65. The molecule has 0 spiro atoms. The molecule has 0 bridgehead atoms. The van der Waals surface area contributed by atoms with E-state index in [0.717, 1.165) is 32.1 Å². The third kappa shape index (κ3) is 5.30. The zero-order valence-electron chi connectivity index (χ0n) is 19.2. The highest BCUT2D eigenvalue weighted by molar-refractivity contribution is 5.99. The lowest BCUT2D eigenvalue weighted by Gasteiger charge is -2.44. The molecule has 2 aliphatic heterocycles. The van der Waals surface area contributed by atoms with E-state index < -0.39 is 12.3 Å². The van der Waals surface area contributed by atoms with Crippen molar-refractivity contribution in [2.45, 2.75) is 69.3 Å². The van der Waals surface area contributed by atoms with Crippen LogP contribution < -0.4 is 15.8 Å². The number of methoxy groups -OCH3 is 1. The van der Waals surface area contributed by atoms with Crippen molar-refractivity contribution in [2.24, 2.45) is 5.73 Å². The van der Waals surface area contributed by atoms with Crippen LogP contribution in [0.2, 0.25) is 0 Å². The number of ether oxygens (including phenoxy) is 2. The summed E-state index contributed by atoms with van der Waals surface area (Å²) in [5.74, 6) is -0.284. The maximum atomic E-state index is 13.6. The summed E-state index contributed by atoms with van der Waals surface area (Å²) >= 11 is 0. The third-order valence-corrected chi connectivity index (χ3v) is 6.81. The summed E-state index contributed by atoms with van der Waals surface area (Å²) in [5, 5.41) is 3.10. The molecule has 2 saturated heterocycles. The molecular formula is C24H34N4O5. The van der Waals surface area contributed by atoms with E-state index in [4.69, 9.17) is 15.2 Å². The number of benzene rings is 1. The monoisotopic (exact) mass is 458 g/mol. The molecule has 4 rings (SSSR count). The number of nitrogens with one attached hydrogen (secondary N) is 1. The molecule has 2 unspecified atom stereocenters. The van der Waals surface area contributed by atoms with E-state index >= 15 is 0 Å². The van der Waals surface area contributed by atoms with Gasteiger partial charge in [-0.2, -0.15) is 0 Å². The van der Waals surface area contributed by atoms with E-state index in [2.05, 4.69) is 5.32 Å². The van der Waals surface area contributed by atoms with E-state index in [1.165, 1.54) is 9.80 Å². The number of carbonyl (C=O) groups is 3. The number of rotatable bonds is 5.